The van der Waals surface area contributed by atoms with Crippen LogP contribution in [-0.2, 0) is 0 Å². The highest BCUT2D eigenvalue weighted by atomic mass is 32.1. The fraction of sp³-hybridized carbons (Fsp3) is 0.0690. The molecule has 0 bridgehead atoms. The number of nitrogens with one attached hydrogen (secondary N) is 1. The zero-order valence-corrected chi connectivity index (χ0v) is 19.7. The number of H-pyrrole nitrogens is 1. The minimum absolute atomic E-state index is 0.137. The van der Waals surface area contributed by atoms with Crippen LogP contribution in [0.5, 0.6) is 11.5 Å². The van der Waals surface area contributed by atoms with Crippen molar-refractivity contribution in [3.8, 4) is 33.1 Å². The molecule has 0 aliphatic carbocycles. The molecule has 5 rings (SSSR count). The van der Waals surface area contributed by atoms with Gasteiger partial charge >= 0.3 is 0 Å². The number of rotatable bonds is 6. The maximum Gasteiger partial charge on any atom is 0.257 e. The van der Waals surface area contributed by atoms with E-state index < -0.39 is 0 Å². The van der Waals surface area contributed by atoms with Gasteiger partial charge in [-0.25, -0.2) is 0 Å². The number of hydrogen-bond acceptors (Lipinski definition) is 4. The van der Waals surface area contributed by atoms with Gasteiger partial charge in [0.15, 0.2) is 11.5 Å². The maximum absolute atomic E-state index is 13.3. The molecule has 0 radical (unpaired) electrons. The van der Waals surface area contributed by atoms with Gasteiger partial charge in [0.2, 0.25) is 0 Å². The minimum Gasteiger partial charge on any atom is -0.493 e. The van der Waals surface area contributed by atoms with E-state index in [9.17, 15) is 4.79 Å². The zero-order valence-electron chi connectivity index (χ0n) is 18.9. The van der Waals surface area contributed by atoms with E-state index >= 15 is 0 Å². The summed E-state index contributed by atoms with van der Waals surface area (Å²) in [4.78, 5) is 17.3. The molecule has 0 atom stereocenters. The van der Waals surface area contributed by atoms with Gasteiger partial charge in [0.25, 0.3) is 5.56 Å². The number of aromatic amines is 1. The third kappa shape index (κ3) is 4.14. The van der Waals surface area contributed by atoms with Gasteiger partial charge in [-0.1, -0.05) is 66.7 Å². The Kier molecular flexibility index (Phi) is 6.02. The van der Waals surface area contributed by atoms with Crippen LogP contribution in [-0.4, -0.2) is 19.2 Å². The van der Waals surface area contributed by atoms with Gasteiger partial charge in [-0.2, -0.15) is 0 Å². The second-order valence-corrected chi connectivity index (χ2v) is 8.75. The van der Waals surface area contributed by atoms with Crippen molar-refractivity contribution in [2.24, 2.45) is 0 Å². The molecule has 0 amide bonds. The van der Waals surface area contributed by atoms with Gasteiger partial charge < -0.3 is 14.5 Å². The van der Waals surface area contributed by atoms with E-state index in [-0.39, 0.29) is 5.56 Å². The Labute approximate surface area is 201 Å². The summed E-state index contributed by atoms with van der Waals surface area (Å²) in [5.41, 5.74) is 5.22. The predicted octanol–water partition coefficient (Wildman–Crippen LogP) is 7.11. The largest absolute Gasteiger partial charge is 0.493 e. The average Bonchev–Trinajstić information content (AvgIpc) is 3.41. The lowest BCUT2D eigenvalue weighted by molar-refractivity contribution is 0.356. The van der Waals surface area contributed by atoms with Gasteiger partial charge in [-0.3, -0.25) is 4.79 Å². The molecule has 0 saturated carbocycles. The Hall–Kier alpha value is -4.09. The van der Waals surface area contributed by atoms with Crippen LogP contribution in [0.4, 0.5) is 0 Å². The molecule has 2 aromatic heterocycles. The third-order valence-electron chi connectivity index (χ3n) is 5.73. The Morgan fingerprint density at radius 3 is 2.24 bits per heavy atom. The quantitative estimate of drug-likeness (QED) is 0.272. The molecular weight excluding hydrogens is 442 g/mol. The Morgan fingerprint density at radius 2 is 1.50 bits per heavy atom. The molecule has 5 heteroatoms. The SMILES string of the molecule is COc1cc2[nH]c(=O)c(-c3cccs3)c(-c3cccc(C=Cc4ccccc4)c3)c2cc1OC. The molecule has 0 fully saturated rings. The first kappa shape index (κ1) is 21.7. The van der Waals surface area contributed by atoms with Crippen molar-refractivity contribution in [1.82, 2.24) is 4.98 Å². The van der Waals surface area contributed by atoms with E-state index in [1.165, 1.54) is 0 Å². The van der Waals surface area contributed by atoms with E-state index in [2.05, 4.69) is 41.4 Å². The molecule has 34 heavy (non-hydrogen) atoms. The lowest BCUT2D eigenvalue weighted by atomic mass is 9.93. The molecule has 0 aliphatic rings. The second-order valence-electron chi connectivity index (χ2n) is 7.80. The van der Waals surface area contributed by atoms with Gasteiger partial charge in [0.05, 0.1) is 25.3 Å². The standard InChI is InChI=1S/C29H23NO3S/c1-32-24-17-22-23(18-25(24)33-2)30-29(31)28(26-12-7-15-34-26)27(22)21-11-6-10-20(16-21)14-13-19-8-4-3-5-9-19/h3-18H,1-2H3,(H,30,31). The van der Waals surface area contributed by atoms with Crippen molar-refractivity contribution < 1.29 is 9.47 Å². The van der Waals surface area contributed by atoms with Gasteiger partial charge in [-0.05, 0) is 40.3 Å². The van der Waals surface area contributed by atoms with Gasteiger partial charge in [0, 0.05) is 21.9 Å². The summed E-state index contributed by atoms with van der Waals surface area (Å²) < 4.78 is 11.1. The first-order valence-corrected chi connectivity index (χ1v) is 11.8. The van der Waals surface area contributed by atoms with Crippen LogP contribution in [0.25, 0.3) is 44.6 Å². The summed E-state index contributed by atoms with van der Waals surface area (Å²) in [5.74, 6) is 1.18. The van der Waals surface area contributed by atoms with Crippen LogP contribution in [0, 0.1) is 0 Å². The lowest BCUT2D eigenvalue weighted by Gasteiger charge is -2.15. The molecule has 0 saturated heterocycles. The van der Waals surface area contributed by atoms with E-state index in [4.69, 9.17) is 9.47 Å². The van der Waals surface area contributed by atoms with E-state index in [1.54, 1.807) is 25.6 Å². The van der Waals surface area contributed by atoms with Crippen LogP contribution in [0.2, 0.25) is 0 Å². The van der Waals surface area contributed by atoms with E-state index in [0.29, 0.717) is 22.6 Å². The average molecular weight is 466 g/mol. The van der Waals surface area contributed by atoms with Crippen LogP contribution >= 0.6 is 11.3 Å². The second kappa shape index (κ2) is 9.41. The highest BCUT2D eigenvalue weighted by Gasteiger charge is 2.19. The number of fused-ring (bicyclic) bond motifs is 1. The van der Waals surface area contributed by atoms with Crippen molar-refractivity contribution in [2.75, 3.05) is 14.2 Å². The van der Waals surface area contributed by atoms with Crippen LogP contribution in [0.1, 0.15) is 11.1 Å². The Bertz CT molecular complexity index is 1530. The fourth-order valence-electron chi connectivity index (χ4n) is 4.13. The summed E-state index contributed by atoms with van der Waals surface area (Å²) in [6.45, 7) is 0. The van der Waals surface area contributed by atoms with E-state index in [1.807, 2.05) is 60.0 Å². The van der Waals surface area contributed by atoms with Crippen molar-refractivity contribution in [2.45, 2.75) is 0 Å². The first-order chi connectivity index (χ1) is 16.7. The number of aromatic nitrogens is 1. The van der Waals surface area contributed by atoms with Crippen molar-refractivity contribution in [1.29, 1.82) is 0 Å². The topological polar surface area (TPSA) is 51.3 Å². The lowest BCUT2D eigenvalue weighted by Crippen LogP contribution is -2.11. The highest BCUT2D eigenvalue weighted by molar-refractivity contribution is 7.13. The molecule has 1 N–H and O–H groups in total. The summed E-state index contributed by atoms with van der Waals surface area (Å²) in [6.07, 6.45) is 4.17. The number of ether oxygens (including phenoxy) is 2. The summed E-state index contributed by atoms with van der Waals surface area (Å²) in [7, 11) is 3.20. The molecule has 4 nitrogen and oxygen atoms in total. The van der Waals surface area contributed by atoms with Gasteiger partial charge in [0.1, 0.15) is 0 Å². The maximum atomic E-state index is 13.3. The fourth-order valence-corrected chi connectivity index (χ4v) is 4.91. The van der Waals surface area contributed by atoms with Gasteiger partial charge in [-0.15, -0.1) is 11.3 Å². The Morgan fingerprint density at radius 1 is 0.765 bits per heavy atom. The summed E-state index contributed by atoms with van der Waals surface area (Å²) in [5, 5.41) is 2.88. The first-order valence-electron chi connectivity index (χ1n) is 10.9. The number of benzene rings is 3. The minimum atomic E-state index is -0.137. The molecule has 5 aromatic rings. The molecule has 0 spiro atoms. The molecule has 0 unspecified atom stereocenters. The molecular formula is C29H23NO3S. The molecule has 168 valence electrons. The van der Waals surface area contributed by atoms with Crippen molar-refractivity contribution in [3.05, 3.63) is 106 Å². The van der Waals surface area contributed by atoms with Crippen LogP contribution < -0.4 is 15.0 Å². The normalized spacial score (nSPS) is 11.2. The zero-order chi connectivity index (χ0) is 23.5. The smallest absolute Gasteiger partial charge is 0.257 e. The Balaban J connectivity index is 1.75. The number of hydrogen-bond donors (Lipinski definition) is 1. The third-order valence-corrected chi connectivity index (χ3v) is 6.62. The predicted molar refractivity (Wildman–Crippen MR) is 142 cm³/mol. The number of methoxy groups -OCH3 is 2. The monoisotopic (exact) mass is 465 g/mol. The van der Waals surface area contributed by atoms with Crippen LogP contribution in [0.15, 0.2) is 89.0 Å². The van der Waals surface area contributed by atoms with E-state index in [0.717, 1.165) is 32.5 Å². The highest BCUT2D eigenvalue weighted by Crippen LogP contribution is 2.41. The molecule has 0 aliphatic heterocycles. The molecule has 3 aromatic carbocycles. The molecule has 2 heterocycles. The number of pyridine rings is 1. The van der Waals surface area contributed by atoms with Crippen molar-refractivity contribution >= 4 is 34.4 Å². The van der Waals surface area contributed by atoms with Crippen LogP contribution in [0.3, 0.4) is 0 Å². The summed E-state index contributed by atoms with van der Waals surface area (Å²) in [6, 6.07) is 26.1. The number of thiophene rings is 1. The summed E-state index contributed by atoms with van der Waals surface area (Å²) >= 11 is 1.55. The van der Waals surface area contributed by atoms with Crippen molar-refractivity contribution in [3.63, 3.8) is 0 Å².